The summed E-state index contributed by atoms with van der Waals surface area (Å²) in [4.78, 5) is 20.7. The third-order valence-electron chi connectivity index (χ3n) is 2.55. The molecule has 0 aliphatic heterocycles. The van der Waals surface area contributed by atoms with Gasteiger partial charge in [-0.25, -0.2) is 0 Å². The van der Waals surface area contributed by atoms with E-state index in [4.69, 9.17) is 10.5 Å². The van der Waals surface area contributed by atoms with Gasteiger partial charge in [-0.1, -0.05) is 32.9 Å². The predicted molar refractivity (Wildman–Crippen MR) is 85.0 cm³/mol. The molecule has 0 radical (unpaired) electrons. The summed E-state index contributed by atoms with van der Waals surface area (Å²) in [6.45, 7) is 8.04. The van der Waals surface area contributed by atoms with E-state index in [1.807, 2.05) is 52.0 Å². The van der Waals surface area contributed by atoms with Gasteiger partial charge in [0.1, 0.15) is 0 Å². The van der Waals surface area contributed by atoms with Crippen molar-refractivity contribution < 1.29 is 14.3 Å². The number of benzene rings is 1. The smallest absolute Gasteiger partial charge is 0.292 e. The molecule has 1 aromatic rings. The average Bonchev–Trinajstić information content (AvgIpc) is 2.39. The quantitative estimate of drug-likeness (QED) is 0.835. The van der Waals surface area contributed by atoms with Crippen LogP contribution in [0.3, 0.4) is 0 Å². The van der Waals surface area contributed by atoms with Crippen molar-refractivity contribution in [2.45, 2.75) is 40.2 Å². The van der Waals surface area contributed by atoms with Crippen LogP contribution in [-0.4, -0.2) is 25.5 Å². The van der Waals surface area contributed by atoms with Gasteiger partial charge in [0.2, 0.25) is 5.91 Å². The molecule has 0 aliphatic rings. The highest BCUT2D eigenvalue weighted by molar-refractivity contribution is 5.94. The molecule has 1 atom stereocenters. The normalized spacial score (nSPS) is 11.7. The fourth-order valence-corrected chi connectivity index (χ4v) is 1.41. The molecule has 0 spiro atoms. The highest BCUT2D eigenvalue weighted by Crippen LogP contribution is 2.17. The Hall–Kier alpha value is -1.88. The van der Waals surface area contributed by atoms with Gasteiger partial charge in [-0.3, -0.25) is 9.59 Å². The first kappa shape index (κ1) is 19.1. The van der Waals surface area contributed by atoms with Crippen molar-refractivity contribution in [1.82, 2.24) is 0 Å². The lowest BCUT2D eigenvalue weighted by Crippen LogP contribution is -2.27. The lowest BCUT2D eigenvalue weighted by molar-refractivity contribution is -0.126. The van der Waals surface area contributed by atoms with Gasteiger partial charge in [-0.2, -0.15) is 0 Å². The van der Waals surface area contributed by atoms with E-state index in [-0.39, 0.29) is 17.4 Å². The van der Waals surface area contributed by atoms with Crippen LogP contribution in [0.5, 0.6) is 0 Å². The van der Waals surface area contributed by atoms with E-state index in [1.54, 1.807) is 0 Å². The molecule has 1 unspecified atom stereocenters. The van der Waals surface area contributed by atoms with Crippen LogP contribution in [0.25, 0.3) is 0 Å². The summed E-state index contributed by atoms with van der Waals surface area (Å²) < 4.78 is 3.86. The lowest BCUT2D eigenvalue weighted by Gasteiger charge is -2.17. The number of nitrogens with one attached hydrogen (secondary N) is 1. The van der Waals surface area contributed by atoms with Crippen molar-refractivity contribution in [3.8, 4) is 0 Å². The lowest BCUT2D eigenvalue weighted by atomic mass is 9.95. The first-order valence-electron chi connectivity index (χ1n) is 6.83. The van der Waals surface area contributed by atoms with E-state index in [0.29, 0.717) is 6.47 Å². The Morgan fingerprint density at radius 3 is 2.14 bits per heavy atom. The molecule has 21 heavy (non-hydrogen) atoms. The minimum Gasteiger partial charge on any atom is -0.471 e. The van der Waals surface area contributed by atoms with Gasteiger partial charge in [0.15, 0.2) is 0 Å². The number of amides is 1. The van der Waals surface area contributed by atoms with Crippen LogP contribution >= 0.6 is 0 Å². The van der Waals surface area contributed by atoms with Crippen LogP contribution < -0.4 is 11.1 Å². The van der Waals surface area contributed by atoms with Crippen molar-refractivity contribution in [2.75, 3.05) is 12.4 Å². The molecule has 1 aromatic carbocycles. The van der Waals surface area contributed by atoms with Crippen molar-refractivity contribution >= 4 is 18.1 Å². The maximum Gasteiger partial charge on any atom is 0.292 e. The average molecular weight is 294 g/mol. The minimum absolute atomic E-state index is 0.0254. The van der Waals surface area contributed by atoms with E-state index in [1.165, 1.54) is 12.7 Å². The molecule has 1 rings (SSSR count). The maximum atomic E-state index is 11.8. The molecule has 3 N–H and O–H groups in total. The standard InChI is InChI=1S/C14H22N2O.C2H4O2/c1-10(15)9-11-5-7-12(8-6-11)16-13(17)14(2,3)4;1-4-2-3/h5-8,10H,9,15H2,1-4H3,(H,16,17);2H,1H3. The molecule has 0 saturated carbocycles. The number of carbonyl (C=O) groups is 2. The molecule has 0 fully saturated rings. The second-order valence-electron chi connectivity index (χ2n) is 5.91. The summed E-state index contributed by atoms with van der Waals surface area (Å²) in [6.07, 6.45) is 0.855. The number of ether oxygens (including phenoxy) is 1. The molecular formula is C16H26N2O3. The molecule has 0 heterocycles. The number of anilines is 1. The Kier molecular flexibility index (Phi) is 8.31. The Morgan fingerprint density at radius 1 is 1.33 bits per heavy atom. The van der Waals surface area contributed by atoms with E-state index < -0.39 is 0 Å². The fraction of sp³-hybridized carbons (Fsp3) is 0.500. The van der Waals surface area contributed by atoms with Crippen LogP contribution in [0.4, 0.5) is 5.69 Å². The monoisotopic (exact) mass is 294 g/mol. The fourth-order valence-electron chi connectivity index (χ4n) is 1.41. The van der Waals surface area contributed by atoms with Crippen LogP contribution in [0, 0.1) is 5.41 Å². The first-order chi connectivity index (χ1) is 9.70. The molecule has 118 valence electrons. The molecule has 0 aliphatic carbocycles. The predicted octanol–water partition coefficient (Wildman–Crippen LogP) is 2.35. The third-order valence-corrected chi connectivity index (χ3v) is 2.55. The number of nitrogens with two attached hydrogens (primary N) is 1. The summed E-state index contributed by atoms with van der Waals surface area (Å²) in [7, 11) is 1.31. The molecule has 0 bridgehead atoms. The van der Waals surface area contributed by atoms with E-state index in [0.717, 1.165) is 12.1 Å². The molecule has 0 aromatic heterocycles. The second-order valence-corrected chi connectivity index (χ2v) is 5.91. The molecular weight excluding hydrogens is 268 g/mol. The van der Waals surface area contributed by atoms with Crippen LogP contribution in [0.15, 0.2) is 24.3 Å². The number of carbonyl (C=O) groups excluding carboxylic acids is 2. The largest absolute Gasteiger partial charge is 0.471 e. The van der Waals surface area contributed by atoms with Gasteiger partial charge >= 0.3 is 0 Å². The van der Waals surface area contributed by atoms with Crippen LogP contribution in [0.1, 0.15) is 33.3 Å². The number of methoxy groups -OCH3 is 1. The van der Waals surface area contributed by atoms with Gasteiger partial charge in [-0.05, 0) is 31.0 Å². The van der Waals surface area contributed by atoms with Gasteiger partial charge < -0.3 is 15.8 Å². The second kappa shape index (κ2) is 9.13. The van der Waals surface area contributed by atoms with Gasteiger partial charge in [0.25, 0.3) is 6.47 Å². The zero-order valence-corrected chi connectivity index (χ0v) is 13.5. The number of hydrogen-bond acceptors (Lipinski definition) is 4. The Labute approximate surface area is 126 Å². The summed E-state index contributed by atoms with van der Waals surface area (Å²) >= 11 is 0. The maximum absolute atomic E-state index is 11.8. The van der Waals surface area contributed by atoms with Crippen LogP contribution in [0.2, 0.25) is 0 Å². The van der Waals surface area contributed by atoms with Crippen molar-refractivity contribution in [3.05, 3.63) is 29.8 Å². The Bertz CT molecular complexity index is 434. The molecule has 5 nitrogen and oxygen atoms in total. The summed E-state index contributed by atoms with van der Waals surface area (Å²) in [5, 5.41) is 2.89. The zero-order valence-electron chi connectivity index (χ0n) is 13.5. The van der Waals surface area contributed by atoms with Gasteiger partial charge in [-0.15, -0.1) is 0 Å². The number of hydrogen-bond donors (Lipinski definition) is 2. The van der Waals surface area contributed by atoms with E-state index in [9.17, 15) is 4.79 Å². The highest BCUT2D eigenvalue weighted by atomic mass is 16.5. The molecule has 0 saturated heterocycles. The van der Waals surface area contributed by atoms with Crippen molar-refractivity contribution in [3.63, 3.8) is 0 Å². The molecule has 5 heteroatoms. The summed E-state index contributed by atoms with van der Waals surface area (Å²) in [5.41, 5.74) is 7.38. The summed E-state index contributed by atoms with van der Waals surface area (Å²) in [5.74, 6) is 0.0254. The van der Waals surface area contributed by atoms with Crippen molar-refractivity contribution in [2.24, 2.45) is 11.1 Å². The first-order valence-corrected chi connectivity index (χ1v) is 6.83. The topological polar surface area (TPSA) is 81.4 Å². The minimum atomic E-state index is -0.371. The molecule has 1 amide bonds. The Balaban J connectivity index is 0.000000885. The SMILES string of the molecule is CC(N)Cc1ccc(NC(=O)C(C)(C)C)cc1.COC=O. The highest BCUT2D eigenvalue weighted by Gasteiger charge is 2.20. The summed E-state index contributed by atoms with van der Waals surface area (Å²) in [6, 6.07) is 8.00. The van der Waals surface area contributed by atoms with Gasteiger partial charge in [0.05, 0.1) is 7.11 Å². The number of rotatable bonds is 4. The van der Waals surface area contributed by atoms with Gasteiger partial charge in [0, 0.05) is 17.1 Å². The zero-order chi connectivity index (χ0) is 16.5. The van der Waals surface area contributed by atoms with E-state index >= 15 is 0 Å². The Morgan fingerprint density at radius 2 is 1.81 bits per heavy atom. The van der Waals surface area contributed by atoms with Crippen molar-refractivity contribution in [1.29, 1.82) is 0 Å². The third kappa shape index (κ3) is 8.81. The van der Waals surface area contributed by atoms with E-state index in [2.05, 4.69) is 10.1 Å². The van der Waals surface area contributed by atoms with Crippen LogP contribution in [-0.2, 0) is 20.7 Å².